The molecule has 1 amide bonds. The first-order chi connectivity index (χ1) is 14.1. The monoisotopic (exact) mass is 416 g/mol. The third-order valence-electron chi connectivity index (χ3n) is 5.55. The number of amides is 1. The third-order valence-corrected chi connectivity index (χ3v) is 6.71. The van der Waals surface area contributed by atoms with Crippen molar-refractivity contribution in [2.24, 2.45) is 16.8 Å². The zero-order valence-corrected chi connectivity index (χ0v) is 17.2. The summed E-state index contributed by atoms with van der Waals surface area (Å²) in [6.07, 6.45) is 7.18. The van der Waals surface area contributed by atoms with Crippen LogP contribution in [0.5, 0.6) is 11.5 Å². The van der Waals surface area contributed by atoms with Crippen LogP contribution in [0.3, 0.4) is 0 Å². The summed E-state index contributed by atoms with van der Waals surface area (Å²) in [5, 5.41) is 3.26. The zero-order chi connectivity index (χ0) is 20.4. The van der Waals surface area contributed by atoms with Gasteiger partial charge in [-0.25, -0.2) is 4.79 Å². The van der Waals surface area contributed by atoms with Crippen molar-refractivity contribution in [3.63, 3.8) is 0 Å². The summed E-state index contributed by atoms with van der Waals surface area (Å²) >= 11 is 1.43. The predicted octanol–water partition coefficient (Wildman–Crippen LogP) is 2.80. The number of nitrogens with zero attached hydrogens (tertiary/aromatic N) is 1. The van der Waals surface area contributed by atoms with Crippen molar-refractivity contribution in [3.05, 3.63) is 35.9 Å². The van der Waals surface area contributed by atoms with Gasteiger partial charge in [-0.3, -0.25) is 9.79 Å². The van der Waals surface area contributed by atoms with Gasteiger partial charge in [-0.2, -0.15) is 0 Å². The van der Waals surface area contributed by atoms with Crippen LogP contribution in [-0.2, 0) is 9.53 Å². The highest BCUT2D eigenvalue weighted by atomic mass is 32.2. The van der Waals surface area contributed by atoms with E-state index in [-0.39, 0.29) is 23.8 Å². The molecule has 4 atom stereocenters. The molecule has 1 saturated heterocycles. The molecule has 4 unspecified atom stereocenters. The van der Waals surface area contributed by atoms with Crippen molar-refractivity contribution >= 4 is 28.8 Å². The van der Waals surface area contributed by atoms with Crippen molar-refractivity contribution < 1.29 is 23.8 Å². The highest BCUT2D eigenvalue weighted by molar-refractivity contribution is 8.15. The third kappa shape index (κ3) is 4.27. The van der Waals surface area contributed by atoms with Crippen LogP contribution in [0.25, 0.3) is 0 Å². The molecule has 2 fully saturated rings. The van der Waals surface area contributed by atoms with Gasteiger partial charge in [0.2, 0.25) is 5.91 Å². The molecule has 1 aromatic rings. The fourth-order valence-corrected chi connectivity index (χ4v) is 5.02. The van der Waals surface area contributed by atoms with Gasteiger partial charge in [0.05, 0.1) is 32.1 Å². The number of methoxy groups -OCH3 is 2. The Balaban J connectivity index is 1.29. The van der Waals surface area contributed by atoms with E-state index in [0.717, 1.165) is 6.42 Å². The number of allylic oxidation sites excluding steroid dienone is 1. The van der Waals surface area contributed by atoms with Gasteiger partial charge in [-0.1, -0.05) is 23.9 Å². The molecular weight excluding hydrogens is 392 g/mol. The summed E-state index contributed by atoms with van der Waals surface area (Å²) in [7, 11) is 3.03. The quantitative estimate of drug-likeness (QED) is 0.543. The van der Waals surface area contributed by atoms with Gasteiger partial charge < -0.3 is 19.5 Å². The molecule has 1 saturated carbocycles. The number of hydrogen-bond donors (Lipinski definition) is 1. The Morgan fingerprint density at radius 3 is 2.79 bits per heavy atom. The zero-order valence-electron chi connectivity index (χ0n) is 16.4. The lowest BCUT2D eigenvalue weighted by molar-refractivity contribution is -0.119. The lowest BCUT2D eigenvalue weighted by Gasteiger charge is -2.13. The van der Waals surface area contributed by atoms with Gasteiger partial charge in [0.1, 0.15) is 17.1 Å². The molecule has 0 spiro atoms. The molecular formula is C21H24N2O5S. The topological polar surface area (TPSA) is 86.2 Å². The number of nitrogens with one attached hydrogen (secondary N) is 1. The Morgan fingerprint density at radius 2 is 2.10 bits per heavy atom. The number of aliphatic imine (C=N–C) groups is 1. The Labute approximate surface area is 173 Å². The Bertz CT molecular complexity index is 869. The number of ether oxygens (including phenoxy) is 3. The second-order valence-corrected chi connectivity index (χ2v) is 8.56. The normalized spacial score (nSPS) is 28.6. The number of benzene rings is 1. The Morgan fingerprint density at radius 1 is 1.24 bits per heavy atom. The number of esters is 1. The van der Waals surface area contributed by atoms with Crippen LogP contribution in [-0.4, -0.2) is 49.2 Å². The van der Waals surface area contributed by atoms with E-state index in [4.69, 9.17) is 19.2 Å². The molecule has 2 bridgehead atoms. The highest BCUT2D eigenvalue weighted by Gasteiger charge is 2.37. The number of hydrogen-bond acceptors (Lipinski definition) is 7. The van der Waals surface area contributed by atoms with Gasteiger partial charge in [-0.15, -0.1) is 0 Å². The average molecular weight is 416 g/mol. The van der Waals surface area contributed by atoms with Crippen molar-refractivity contribution in [2.45, 2.75) is 30.6 Å². The largest absolute Gasteiger partial charge is 0.497 e. The first-order valence-electron chi connectivity index (χ1n) is 9.70. The lowest BCUT2D eigenvalue weighted by Crippen LogP contribution is -2.27. The maximum atomic E-state index is 12.4. The van der Waals surface area contributed by atoms with E-state index in [1.54, 1.807) is 25.3 Å². The summed E-state index contributed by atoms with van der Waals surface area (Å²) in [5.74, 6) is 1.55. The second kappa shape index (κ2) is 8.49. The molecule has 3 aliphatic rings. The molecule has 2 aliphatic carbocycles. The molecule has 1 aromatic carbocycles. The van der Waals surface area contributed by atoms with Crippen LogP contribution in [0.4, 0.5) is 0 Å². The number of carbonyl (C=O) groups is 2. The van der Waals surface area contributed by atoms with Crippen LogP contribution in [0, 0.1) is 11.8 Å². The average Bonchev–Trinajstić information content (AvgIpc) is 3.43. The fourth-order valence-electron chi connectivity index (χ4n) is 4.01. The summed E-state index contributed by atoms with van der Waals surface area (Å²) in [6.45, 7) is 0.142. The number of carbonyl (C=O) groups excluding carboxylic acids is 2. The minimum absolute atomic E-state index is 0.0782. The summed E-state index contributed by atoms with van der Waals surface area (Å²) in [5.41, 5.74) is 0.323. The van der Waals surface area contributed by atoms with Crippen molar-refractivity contribution in [1.82, 2.24) is 5.32 Å². The molecule has 1 N–H and O–H groups in total. The highest BCUT2D eigenvalue weighted by Crippen LogP contribution is 2.41. The molecule has 4 rings (SSSR count). The standard InChI is InChI=1S/C21H24N2O5S/c1-26-14-5-6-15(17(11-14)27-2)20(25)28-8-7-18-19(24)23-21(29-18)22-16-10-12-3-4-13(16)9-12/h3-6,11-13,16,18H,7-10H2,1-2H3,(H,22,23,24). The summed E-state index contributed by atoms with van der Waals surface area (Å²) in [6, 6.07) is 5.18. The first kappa shape index (κ1) is 19.8. The molecule has 29 heavy (non-hydrogen) atoms. The Kier molecular flexibility index (Phi) is 5.80. The molecule has 7 nitrogen and oxygen atoms in total. The van der Waals surface area contributed by atoms with Crippen LogP contribution >= 0.6 is 11.8 Å². The number of amidine groups is 1. The second-order valence-electron chi connectivity index (χ2n) is 7.37. The molecule has 1 heterocycles. The predicted molar refractivity (Wildman–Crippen MR) is 111 cm³/mol. The molecule has 8 heteroatoms. The molecule has 0 aromatic heterocycles. The fraction of sp³-hybridized carbons (Fsp3) is 0.476. The van der Waals surface area contributed by atoms with Gasteiger partial charge in [0.15, 0.2) is 5.17 Å². The van der Waals surface area contributed by atoms with Gasteiger partial charge in [0, 0.05) is 12.5 Å². The van der Waals surface area contributed by atoms with Crippen molar-refractivity contribution in [1.29, 1.82) is 0 Å². The van der Waals surface area contributed by atoms with E-state index >= 15 is 0 Å². The molecule has 154 valence electrons. The first-order valence-corrected chi connectivity index (χ1v) is 10.6. The van der Waals surface area contributed by atoms with Gasteiger partial charge in [-0.05, 0) is 36.8 Å². The van der Waals surface area contributed by atoms with E-state index in [0.29, 0.717) is 40.5 Å². The van der Waals surface area contributed by atoms with Crippen LogP contribution in [0.2, 0.25) is 0 Å². The van der Waals surface area contributed by atoms with E-state index in [1.165, 1.54) is 25.3 Å². The lowest BCUT2D eigenvalue weighted by atomic mass is 10.0. The maximum Gasteiger partial charge on any atom is 0.341 e. The van der Waals surface area contributed by atoms with Gasteiger partial charge >= 0.3 is 5.97 Å². The van der Waals surface area contributed by atoms with E-state index in [9.17, 15) is 9.59 Å². The minimum Gasteiger partial charge on any atom is -0.497 e. The number of rotatable bonds is 7. The SMILES string of the molecule is COc1ccc(C(=O)OCCC2SC(=NC3CC4C=CC3C4)NC2=O)c(OC)c1. The molecule has 1 aliphatic heterocycles. The summed E-state index contributed by atoms with van der Waals surface area (Å²) in [4.78, 5) is 29.3. The van der Waals surface area contributed by atoms with Crippen LogP contribution < -0.4 is 14.8 Å². The van der Waals surface area contributed by atoms with E-state index in [1.807, 2.05) is 0 Å². The van der Waals surface area contributed by atoms with E-state index in [2.05, 4.69) is 17.5 Å². The Hall–Kier alpha value is -2.48. The van der Waals surface area contributed by atoms with Crippen LogP contribution in [0.1, 0.15) is 29.6 Å². The maximum absolute atomic E-state index is 12.4. The van der Waals surface area contributed by atoms with Crippen molar-refractivity contribution in [2.75, 3.05) is 20.8 Å². The van der Waals surface area contributed by atoms with Gasteiger partial charge in [0.25, 0.3) is 0 Å². The minimum atomic E-state index is -0.490. The number of thioether (sulfide) groups is 1. The molecule has 0 radical (unpaired) electrons. The summed E-state index contributed by atoms with van der Waals surface area (Å²) < 4.78 is 15.7. The smallest absolute Gasteiger partial charge is 0.341 e. The van der Waals surface area contributed by atoms with Crippen LogP contribution in [0.15, 0.2) is 35.3 Å². The number of fused-ring (bicyclic) bond motifs is 2. The van der Waals surface area contributed by atoms with Crippen molar-refractivity contribution in [3.8, 4) is 11.5 Å². The van der Waals surface area contributed by atoms with E-state index < -0.39 is 5.97 Å².